The van der Waals surface area contributed by atoms with Crippen molar-refractivity contribution in [2.24, 2.45) is 5.73 Å². The first-order chi connectivity index (χ1) is 4.95. The van der Waals surface area contributed by atoms with E-state index in [0.29, 0.717) is 0 Å². The van der Waals surface area contributed by atoms with E-state index in [4.69, 9.17) is 21.1 Å². The van der Waals surface area contributed by atoms with Crippen LogP contribution in [-0.2, 0) is 9.59 Å². The lowest BCUT2D eigenvalue weighted by Gasteiger charge is -2.11. The summed E-state index contributed by atoms with van der Waals surface area (Å²) in [6.07, 6.45) is -2.20. The van der Waals surface area contributed by atoms with E-state index < -0.39 is 30.5 Å². The Labute approximate surface area is 62.2 Å². The highest BCUT2D eigenvalue weighted by Crippen LogP contribution is 1.96. The third-order valence-corrected chi connectivity index (χ3v) is 1.08. The second kappa shape index (κ2) is 3.89. The van der Waals surface area contributed by atoms with Crippen LogP contribution < -0.4 is 5.73 Å². The Morgan fingerprint density at radius 1 is 1.36 bits per heavy atom. The molecular weight excluding hydrogens is 154 g/mol. The van der Waals surface area contributed by atoms with Crippen molar-refractivity contribution in [2.45, 2.75) is 18.6 Å². The maximum absolute atomic E-state index is 10.0. The molecule has 0 saturated carbocycles. The van der Waals surface area contributed by atoms with Gasteiger partial charge in [0.2, 0.25) is 0 Å². The molecule has 0 aromatic heterocycles. The van der Waals surface area contributed by atoms with Crippen molar-refractivity contribution in [1.29, 1.82) is 0 Å². The molecule has 0 aliphatic carbocycles. The Bertz CT molecular complexity index is 168. The van der Waals surface area contributed by atoms with Crippen LogP contribution >= 0.6 is 0 Å². The fraction of sp³-hybridized carbons (Fsp3) is 0.600. The van der Waals surface area contributed by atoms with Gasteiger partial charge in [-0.15, -0.1) is 0 Å². The van der Waals surface area contributed by atoms with Gasteiger partial charge in [0.05, 0.1) is 12.5 Å². The first-order valence-corrected chi connectivity index (χ1v) is 2.83. The van der Waals surface area contributed by atoms with Gasteiger partial charge in [0, 0.05) is 0 Å². The molecule has 0 amide bonds. The number of rotatable bonds is 4. The van der Waals surface area contributed by atoms with Crippen molar-refractivity contribution in [3.63, 3.8) is 0 Å². The van der Waals surface area contributed by atoms with Crippen molar-refractivity contribution in [3.8, 4) is 0 Å². The Hall–Kier alpha value is -1.14. The predicted molar refractivity (Wildman–Crippen MR) is 33.9 cm³/mol. The number of carbonyl (C=O) groups is 2. The Kier molecular flexibility index (Phi) is 3.49. The average molecular weight is 163 g/mol. The van der Waals surface area contributed by atoms with Crippen LogP contribution in [0, 0.1) is 0 Å². The highest BCUT2D eigenvalue weighted by atomic mass is 16.4. The SMILES string of the molecule is NC(C(=O)O)C(O)CC(=O)O. The molecule has 0 radical (unpaired) electrons. The molecule has 2 atom stereocenters. The van der Waals surface area contributed by atoms with E-state index in [2.05, 4.69) is 0 Å². The molecule has 0 spiro atoms. The molecule has 6 heteroatoms. The molecule has 64 valence electrons. The predicted octanol–water partition coefficient (Wildman–Crippen LogP) is -1.77. The number of aliphatic hydroxyl groups is 1. The van der Waals surface area contributed by atoms with Gasteiger partial charge in [0.15, 0.2) is 0 Å². The minimum absolute atomic E-state index is 0.659. The lowest BCUT2D eigenvalue weighted by molar-refractivity contribution is -0.144. The fourth-order valence-electron chi connectivity index (χ4n) is 0.470. The minimum atomic E-state index is -1.54. The number of hydrogen-bond acceptors (Lipinski definition) is 4. The largest absolute Gasteiger partial charge is 0.481 e. The molecule has 5 N–H and O–H groups in total. The van der Waals surface area contributed by atoms with Gasteiger partial charge in [-0.3, -0.25) is 9.59 Å². The monoisotopic (exact) mass is 163 g/mol. The molecular formula is C5H9NO5. The molecule has 0 aliphatic heterocycles. The highest BCUT2D eigenvalue weighted by molar-refractivity contribution is 5.76. The fourth-order valence-corrected chi connectivity index (χ4v) is 0.470. The van der Waals surface area contributed by atoms with Crippen molar-refractivity contribution in [3.05, 3.63) is 0 Å². The molecule has 6 nitrogen and oxygen atoms in total. The quantitative estimate of drug-likeness (QED) is 0.389. The van der Waals surface area contributed by atoms with Gasteiger partial charge in [-0.1, -0.05) is 0 Å². The zero-order valence-electron chi connectivity index (χ0n) is 5.60. The maximum atomic E-state index is 10.0. The van der Waals surface area contributed by atoms with Crippen LogP contribution in [0.25, 0.3) is 0 Å². The summed E-state index contributed by atoms with van der Waals surface area (Å²) in [5.41, 5.74) is 4.90. The van der Waals surface area contributed by atoms with Gasteiger partial charge in [-0.25, -0.2) is 0 Å². The van der Waals surface area contributed by atoms with Gasteiger partial charge < -0.3 is 21.1 Å². The van der Waals surface area contributed by atoms with Gasteiger partial charge in [-0.2, -0.15) is 0 Å². The van der Waals surface area contributed by atoms with Gasteiger partial charge in [0.1, 0.15) is 6.04 Å². The molecule has 0 fully saturated rings. The van der Waals surface area contributed by atoms with E-state index in [1.54, 1.807) is 0 Å². The van der Waals surface area contributed by atoms with Crippen molar-refractivity contribution < 1.29 is 24.9 Å². The standard InChI is InChI=1S/C5H9NO5/c6-4(5(10)11)2(7)1-3(8)9/h2,4,7H,1,6H2,(H,8,9)(H,10,11). The number of hydrogen-bond donors (Lipinski definition) is 4. The van der Waals surface area contributed by atoms with Gasteiger partial charge in [0.25, 0.3) is 0 Å². The smallest absolute Gasteiger partial charge is 0.323 e. The lowest BCUT2D eigenvalue weighted by atomic mass is 10.1. The number of aliphatic hydroxyl groups excluding tert-OH is 1. The summed E-state index contributed by atoms with van der Waals surface area (Å²) >= 11 is 0. The first kappa shape index (κ1) is 9.86. The van der Waals surface area contributed by atoms with E-state index in [9.17, 15) is 9.59 Å². The molecule has 0 aliphatic rings. The minimum Gasteiger partial charge on any atom is -0.481 e. The van der Waals surface area contributed by atoms with E-state index in [1.807, 2.05) is 0 Å². The van der Waals surface area contributed by atoms with Crippen LogP contribution in [0.2, 0.25) is 0 Å². The molecule has 0 saturated heterocycles. The number of carboxylic acid groups (broad SMARTS) is 2. The maximum Gasteiger partial charge on any atom is 0.323 e. The van der Waals surface area contributed by atoms with E-state index >= 15 is 0 Å². The molecule has 0 aromatic rings. The number of aliphatic carboxylic acids is 2. The van der Waals surface area contributed by atoms with E-state index in [0.717, 1.165) is 0 Å². The highest BCUT2D eigenvalue weighted by Gasteiger charge is 2.23. The molecule has 2 unspecified atom stereocenters. The van der Waals surface area contributed by atoms with E-state index in [1.165, 1.54) is 0 Å². The first-order valence-electron chi connectivity index (χ1n) is 2.83. The van der Waals surface area contributed by atoms with Crippen LogP contribution in [0.1, 0.15) is 6.42 Å². The average Bonchev–Trinajstić information content (AvgIpc) is 1.84. The van der Waals surface area contributed by atoms with Crippen molar-refractivity contribution >= 4 is 11.9 Å². The summed E-state index contributed by atoms with van der Waals surface area (Å²) in [5, 5.41) is 25.1. The number of carboxylic acids is 2. The Morgan fingerprint density at radius 2 is 1.82 bits per heavy atom. The van der Waals surface area contributed by atoms with E-state index in [-0.39, 0.29) is 0 Å². The summed E-state index contributed by atoms with van der Waals surface area (Å²) in [4.78, 5) is 20.0. The van der Waals surface area contributed by atoms with Crippen molar-refractivity contribution in [1.82, 2.24) is 0 Å². The zero-order chi connectivity index (χ0) is 9.02. The molecule has 0 aromatic carbocycles. The molecule has 11 heavy (non-hydrogen) atoms. The summed E-state index contributed by atoms with van der Waals surface area (Å²) in [6, 6.07) is -1.54. The lowest BCUT2D eigenvalue weighted by Crippen LogP contribution is -2.42. The second-order valence-electron chi connectivity index (χ2n) is 2.03. The third kappa shape index (κ3) is 3.54. The molecule has 0 rings (SSSR count). The summed E-state index contributed by atoms with van der Waals surface area (Å²) < 4.78 is 0. The Morgan fingerprint density at radius 3 is 2.09 bits per heavy atom. The molecule has 0 bridgehead atoms. The van der Waals surface area contributed by atoms with Gasteiger partial charge in [-0.05, 0) is 0 Å². The zero-order valence-corrected chi connectivity index (χ0v) is 5.60. The molecule has 0 heterocycles. The van der Waals surface area contributed by atoms with Crippen LogP contribution in [0.15, 0.2) is 0 Å². The normalized spacial score (nSPS) is 15.5. The van der Waals surface area contributed by atoms with Gasteiger partial charge >= 0.3 is 11.9 Å². The summed E-state index contributed by atoms with van der Waals surface area (Å²) in [7, 11) is 0. The van der Waals surface area contributed by atoms with Crippen LogP contribution in [0.5, 0.6) is 0 Å². The number of nitrogens with two attached hydrogens (primary N) is 1. The van der Waals surface area contributed by atoms with Crippen LogP contribution in [0.4, 0.5) is 0 Å². The summed E-state index contributed by atoms with van der Waals surface area (Å²) in [5.74, 6) is -2.70. The second-order valence-corrected chi connectivity index (χ2v) is 2.03. The topological polar surface area (TPSA) is 121 Å². The summed E-state index contributed by atoms with van der Waals surface area (Å²) in [6.45, 7) is 0. The van der Waals surface area contributed by atoms with Crippen molar-refractivity contribution in [2.75, 3.05) is 0 Å². The van der Waals surface area contributed by atoms with Crippen LogP contribution in [0.3, 0.4) is 0 Å². The van der Waals surface area contributed by atoms with Crippen LogP contribution in [-0.4, -0.2) is 39.4 Å². The Balaban J connectivity index is 3.92. The third-order valence-electron chi connectivity index (χ3n) is 1.08.